The van der Waals surface area contributed by atoms with Crippen LogP contribution in [0.3, 0.4) is 0 Å². The fourth-order valence-corrected chi connectivity index (χ4v) is 2.68. The smallest absolute Gasteiger partial charge is 0.411 e. The zero-order valence-corrected chi connectivity index (χ0v) is 16.0. The average molecular weight is 387 g/mol. The van der Waals surface area contributed by atoms with E-state index in [9.17, 15) is 9.59 Å². The maximum Gasteiger partial charge on any atom is 0.411 e. The molecule has 0 fully saturated rings. The molecule has 5 heteroatoms. The molecule has 3 aromatic rings. The minimum Gasteiger partial charge on any atom is -0.465 e. The van der Waals surface area contributed by atoms with E-state index in [2.05, 4.69) is 5.32 Å². The Morgan fingerprint density at radius 1 is 0.828 bits per heavy atom. The fraction of sp³-hybridized carbons (Fsp3) is 0.0833. The molecule has 5 nitrogen and oxygen atoms in total. The molecule has 146 valence electrons. The fourth-order valence-electron chi connectivity index (χ4n) is 2.68. The summed E-state index contributed by atoms with van der Waals surface area (Å²) in [6, 6.07) is 25.9. The van der Waals surface area contributed by atoms with Crippen molar-refractivity contribution in [3.05, 3.63) is 107 Å². The van der Waals surface area contributed by atoms with Gasteiger partial charge in [0.05, 0.1) is 18.4 Å². The third kappa shape index (κ3) is 5.81. The number of alkyl carbamates (subject to hydrolysis) is 1. The summed E-state index contributed by atoms with van der Waals surface area (Å²) in [5.41, 5.74) is 3.61. The summed E-state index contributed by atoms with van der Waals surface area (Å²) >= 11 is 0. The van der Waals surface area contributed by atoms with Crippen molar-refractivity contribution in [2.24, 2.45) is 0 Å². The maximum absolute atomic E-state index is 12.3. The van der Waals surface area contributed by atoms with E-state index in [4.69, 9.17) is 9.47 Å². The highest BCUT2D eigenvalue weighted by molar-refractivity contribution is 5.91. The van der Waals surface area contributed by atoms with Gasteiger partial charge in [-0.3, -0.25) is 5.32 Å². The van der Waals surface area contributed by atoms with E-state index < -0.39 is 12.1 Å². The lowest BCUT2D eigenvalue weighted by Gasteiger charge is -2.11. The Morgan fingerprint density at radius 3 is 2.07 bits per heavy atom. The van der Waals surface area contributed by atoms with Crippen molar-refractivity contribution in [1.29, 1.82) is 0 Å². The van der Waals surface area contributed by atoms with Gasteiger partial charge in [-0.1, -0.05) is 72.8 Å². The van der Waals surface area contributed by atoms with Crippen LogP contribution in [-0.2, 0) is 16.1 Å². The first kappa shape index (κ1) is 19.9. The summed E-state index contributed by atoms with van der Waals surface area (Å²) in [6.45, 7) is 0.183. The van der Waals surface area contributed by atoms with Gasteiger partial charge in [0.15, 0.2) is 0 Å². The van der Waals surface area contributed by atoms with Crippen LogP contribution in [0.4, 0.5) is 4.79 Å². The summed E-state index contributed by atoms with van der Waals surface area (Å²) in [7, 11) is 1.34. The number of amides is 1. The van der Waals surface area contributed by atoms with Crippen LogP contribution in [-0.4, -0.2) is 19.2 Å². The van der Waals surface area contributed by atoms with Crippen molar-refractivity contribution >= 4 is 23.8 Å². The lowest BCUT2D eigenvalue weighted by atomic mass is 10.1. The van der Waals surface area contributed by atoms with E-state index in [0.29, 0.717) is 11.3 Å². The van der Waals surface area contributed by atoms with E-state index in [1.165, 1.54) is 7.11 Å². The maximum atomic E-state index is 12.3. The van der Waals surface area contributed by atoms with Crippen molar-refractivity contribution in [2.45, 2.75) is 6.61 Å². The topological polar surface area (TPSA) is 64.6 Å². The van der Waals surface area contributed by atoms with E-state index in [1.807, 2.05) is 66.7 Å². The molecule has 0 aliphatic heterocycles. The number of hydrogen-bond acceptors (Lipinski definition) is 4. The molecule has 3 rings (SSSR count). The lowest BCUT2D eigenvalue weighted by Crippen LogP contribution is -2.22. The zero-order valence-electron chi connectivity index (χ0n) is 16.0. The van der Waals surface area contributed by atoms with Gasteiger partial charge in [-0.25, -0.2) is 9.59 Å². The highest BCUT2D eigenvalue weighted by atomic mass is 16.5. The average Bonchev–Trinajstić information content (AvgIpc) is 2.78. The minimum atomic E-state index is -0.546. The Bertz CT molecular complexity index is 980. The van der Waals surface area contributed by atoms with Crippen molar-refractivity contribution in [3.63, 3.8) is 0 Å². The van der Waals surface area contributed by atoms with Crippen molar-refractivity contribution in [3.8, 4) is 0 Å². The zero-order chi connectivity index (χ0) is 20.5. The Balaban J connectivity index is 1.77. The number of benzene rings is 3. The number of hydrogen-bond donors (Lipinski definition) is 1. The molecule has 0 saturated heterocycles. The van der Waals surface area contributed by atoms with Gasteiger partial charge in [0.2, 0.25) is 0 Å². The van der Waals surface area contributed by atoms with E-state index >= 15 is 0 Å². The van der Waals surface area contributed by atoms with Crippen molar-refractivity contribution in [2.75, 3.05) is 7.11 Å². The van der Waals surface area contributed by atoms with Gasteiger partial charge in [0.1, 0.15) is 6.61 Å². The summed E-state index contributed by atoms with van der Waals surface area (Å²) in [4.78, 5) is 23.9. The summed E-state index contributed by atoms with van der Waals surface area (Å²) in [6.07, 6.45) is 1.27. The molecule has 3 aromatic carbocycles. The van der Waals surface area contributed by atoms with Crippen LogP contribution in [0.25, 0.3) is 11.8 Å². The van der Waals surface area contributed by atoms with E-state index in [1.54, 1.807) is 24.3 Å². The van der Waals surface area contributed by atoms with Gasteiger partial charge in [-0.2, -0.15) is 0 Å². The Morgan fingerprint density at radius 2 is 1.45 bits per heavy atom. The van der Waals surface area contributed by atoms with Crippen LogP contribution in [0, 0.1) is 0 Å². The van der Waals surface area contributed by atoms with Crippen LogP contribution < -0.4 is 5.32 Å². The Hall–Kier alpha value is -3.86. The molecule has 0 aliphatic carbocycles. The SMILES string of the molecule is COC(=O)c1ccc(/C=C(\NC(=O)OCc2ccccc2)c2ccccc2)cc1. The number of esters is 1. The second kappa shape index (κ2) is 9.90. The molecule has 0 aromatic heterocycles. The highest BCUT2D eigenvalue weighted by Gasteiger charge is 2.09. The number of rotatable bonds is 6. The van der Waals surface area contributed by atoms with Gasteiger partial charge in [0.25, 0.3) is 0 Å². The molecule has 29 heavy (non-hydrogen) atoms. The highest BCUT2D eigenvalue weighted by Crippen LogP contribution is 2.17. The molecule has 0 spiro atoms. The molecule has 1 amide bonds. The van der Waals surface area contributed by atoms with Crippen LogP contribution in [0.5, 0.6) is 0 Å². The molecule has 0 unspecified atom stereocenters. The van der Waals surface area contributed by atoms with Crippen LogP contribution in [0.2, 0.25) is 0 Å². The summed E-state index contributed by atoms with van der Waals surface area (Å²) < 4.78 is 10.0. The van der Waals surface area contributed by atoms with Gasteiger partial charge >= 0.3 is 12.1 Å². The third-order valence-corrected chi connectivity index (χ3v) is 4.18. The molecule has 1 N–H and O–H groups in total. The Kier molecular flexibility index (Phi) is 6.79. The number of nitrogens with one attached hydrogen (secondary N) is 1. The van der Waals surface area contributed by atoms with Gasteiger partial charge in [-0.15, -0.1) is 0 Å². The lowest BCUT2D eigenvalue weighted by molar-refractivity contribution is 0.0600. The number of methoxy groups -OCH3 is 1. The second-order valence-corrected chi connectivity index (χ2v) is 6.22. The van der Waals surface area contributed by atoms with Crippen molar-refractivity contribution in [1.82, 2.24) is 5.32 Å². The largest absolute Gasteiger partial charge is 0.465 e. The predicted molar refractivity (Wildman–Crippen MR) is 112 cm³/mol. The minimum absolute atomic E-state index is 0.183. The number of ether oxygens (including phenoxy) is 2. The van der Waals surface area contributed by atoms with Crippen LogP contribution >= 0.6 is 0 Å². The van der Waals surface area contributed by atoms with Crippen LogP contribution in [0.1, 0.15) is 27.0 Å². The quantitative estimate of drug-likeness (QED) is 0.483. The van der Waals surface area contributed by atoms with Crippen LogP contribution in [0.15, 0.2) is 84.9 Å². The molecule has 0 atom stereocenters. The predicted octanol–water partition coefficient (Wildman–Crippen LogP) is 4.90. The van der Waals surface area contributed by atoms with Crippen molar-refractivity contribution < 1.29 is 19.1 Å². The molecule has 0 radical (unpaired) electrons. The van der Waals surface area contributed by atoms with Gasteiger partial charge in [-0.05, 0) is 34.9 Å². The second-order valence-electron chi connectivity index (χ2n) is 6.22. The van der Waals surface area contributed by atoms with E-state index in [0.717, 1.165) is 16.7 Å². The first-order valence-corrected chi connectivity index (χ1v) is 9.09. The number of carbonyl (C=O) groups excluding carboxylic acids is 2. The molecule has 0 aliphatic rings. The standard InChI is InChI=1S/C24H21NO4/c1-28-23(26)21-14-12-18(13-15-21)16-22(20-10-6-3-7-11-20)25-24(27)29-17-19-8-4-2-5-9-19/h2-16H,17H2,1H3,(H,25,27)/b22-16-. The molecule has 0 heterocycles. The molecular weight excluding hydrogens is 366 g/mol. The summed E-state index contributed by atoms with van der Waals surface area (Å²) in [5.74, 6) is -0.397. The third-order valence-electron chi connectivity index (χ3n) is 4.18. The monoisotopic (exact) mass is 387 g/mol. The molecular formula is C24H21NO4. The first-order chi connectivity index (χ1) is 14.2. The van der Waals surface area contributed by atoms with Gasteiger partial charge in [0, 0.05) is 0 Å². The van der Waals surface area contributed by atoms with Gasteiger partial charge < -0.3 is 9.47 Å². The molecule has 0 saturated carbocycles. The summed E-state index contributed by atoms with van der Waals surface area (Å²) in [5, 5.41) is 2.81. The number of carbonyl (C=O) groups is 2. The normalized spacial score (nSPS) is 10.9. The Labute approximate surface area is 169 Å². The van der Waals surface area contributed by atoms with E-state index in [-0.39, 0.29) is 6.61 Å². The first-order valence-electron chi connectivity index (χ1n) is 9.09. The molecule has 0 bridgehead atoms.